The molecule has 80 heavy (non-hydrogen) atoms. The third kappa shape index (κ3) is 8.30. The van der Waals surface area contributed by atoms with Crippen molar-refractivity contribution in [2.24, 2.45) is 0 Å². The van der Waals surface area contributed by atoms with Gasteiger partial charge < -0.3 is 9.13 Å². The smallest absolute Gasteiger partial charge is 0.0541 e. The Morgan fingerprint density at radius 1 is 0.163 bits per heavy atom. The standard InChI is InChI=1S/C78H52N2/c1-3-17-57(18-4-1)67-25-7-8-26-68(67)59-39-37-56(38-40-59)61-22-16-24-63(50-61)62-23-15-21-60(49-62)55-35-33-53(34-36-55)54-41-45-66(46-42-54)79-75-31-13-10-28-70(75)72-51-64(43-47-77(72)79)65-44-48-78-73(52-65)71-29-11-14-32-76(71)80(78)74-30-12-9-27-69(74)58-19-5-2-6-20-58/h1-52H. The molecule has 2 nitrogen and oxygen atoms in total. The Morgan fingerprint density at radius 3 is 1.00 bits per heavy atom. The van der Waals surface area contributed by atoms with Gasteiger partial charge in [-0.05, 0) is 150 Å². The van der Waals surface area contributed by atoms with Crippen LogP contribution in [0, 0.1) is 0 Å². The summed E-state index contributed by atoms with van der Waals surface area (Å²) in [6.07, 6.45) is 0. The Morgan fingerprint density at radius 2 is 0.475 bits per heavy atom. The Hall–Kier alpha value is -10.5. The van der Waals surface area contributed by atoms with Gasteiger partial charge in [-0.25, -0.2) is 0 Å². The molecule has 0 spiro atoms. The largest absolute Gasteiger partial charge is 0.309 e. The summed E-state index contributed by atoms with van der Waals surface area (Å²) in [5.41, 5.74) is 26.4. The van der Waals surface area contributed by atoms with Crippen LogP contribution in [0.15, 0.2) is 315 Å². The van der Waals surface area contributed by atoms with Crippen molar-refractivity contribution >= 4 is 43.6 Å². The van der Waals surface area contributed by atoms with Crippen molar-refractivity contribution < 1.29 is 0 Å². The molecule has 15 rings (SSSR count). The Balaban J connectivity index is 0.691. The van der Waals surface area contributed by atoms with Gasteiger partial charge in [-0.1, -0.05) is 249 Å². The van der Waals surface area contributed by atoms with Crippen LogP contribution >= 0.6 is 0 Å². The highest BCUT2D eigenvalue weighted by atomic mass is 15.0. The normalized spacial score (nSPS) is 11.5. The van der Waals surface area contributed by atoms with E-state index in [-0.39, 0.29) is 0 Å². The van der Waals surface area contributed by atoms with Gasteiger partial charge in [0, 0.05) is 32.8 Å². The molecule has 0 aliphatic carbocycles. The van der Waals surface area contributed by atoms with Gasteiger partial charge in [-0.3, -0.25) is 0 Å². The molecule has 2 heteroatoms. The monoisotopic (exact) mass is 1020 g/mol. The third-order valence-electron chi connectivity index (χ3n) is 16.2. The van der Waals surface area contributed by atoms with Gasteiger partial charge in [0.15, 0.2) is 0 Å². The van der Waals surface area contributed by atoms with E-state index in [1.165, 1.54) is 138 Å². The fraction of sp³-hybridized carbons (Fsp3) is 0. The number of para-hydroxylation sites is 3. The van der Waals surface area contributed by atoms with E-state index in [4.69, 9.17) is 0 Å². The molecule has 2 heterocycles. The van der Waals surface area contributed by atoms with Crippen LogP contribution in [0.25, 0.3) is 144 Å². The summed E-state index contributed by atoms with van der Waals surface area (Å²) in [7, 11) is 0. The Bertz CT molecular complexity index is 4770. The highest BCUT2D eigenvalue weighted by Gasteiger charge is 2.19. The van der Waals surface area contributed by atoms with E-state index < -0.39 is 0 Å². The maximum atomic E-state index is 2.43. The molecule has 374 valence electrons. The van der Waals surface area contributed by atoms with Crippen molar-refractivity contribution in [3.63, 3.8) is 0 Å². The van der Waals surface area contributed by atoms with Gasteiger partial charge in [0.25, 0.3) is 0 Å². The van der Waals surface area contributed by atoms with E-state index in [0.717, 1.165) is 5.69 Å². The van der Waals surface area contributed by atoms with Crippen LogP contribution in [-0.4, -0.2) is 9.13 Å². The summed E-state index contributed by atoms with van der Waals surface area (Å²) in [4.78, 5) is 0. The summed E-state index contributed by atoms with van der Waals surface area (Å²) in [6.45, 7) is 0. The molecule has 0 radical (unpaired) electrons. The molecule has 0 aliphatic rings. The van der Waals surface area contributed by atoms with Crippen molar-refractivity contribution in [2.75, 3.05) is 0 Å². The van der Waals surface area contributed by atoms with Crippen molar-refractivity contribution in [1.29, 1.82) is 0 Å². The van der Waals surface area contributed by atoms with Crippen molar-refractivity contribution in [3.8, 4) is 100 Å². The minimum Gasteiger partial charge on any atom is -0.309 e. The van der Waals surface area contributed by atoms with Crippen molar-refractivity contribution in [1.82, 2.24) is 9.13 Å². The summed E-state index contributed by atoms with van der Waals surface area (Å²) >= 11 is 0. The zero-order valence-electron chi connectivity index (χ0n) is 43.9. The molecule has 0 saturated carbocycles. The summed E-state index contributed by atoms with van der Waals surface area (Å²) < 4.78 is 4.84. The first-order valence-corrected chi connectivity index (χ1v) is 27.6. The van der Waals surface area contributed by atoms with Crippen LogP contribution in [0.4, 0.5) is 0 Å². The maximum Gasteiger partial charge on any atom is 0.0541 e. The average molecular weight is 1020 g/mol. The fourth-order valence-electron chi connectivity index (χ4n) is 12.2. The Labute approximate surface area is 466 Å². The molecule has 2 aromatic heterocycles. The number of hydrogen-bond acceptors (Lipinski definition) is 0. The van der Waals surface area contributed by atoms with Gasteiger partial charge in [-0.2, -0.15) is 0 Å². The summed E-state index contributed by atoms with van der Waals surface area (Å²) in [6, 6.07) is 115. The van der Waals surface area contributed by atoms with Gasteiger partial charge in [0.2, 0.25) is 0 Å². The SMILES string of the molecule is c1ccc(-c2ccccc2-c2ccc(-c3cccc(-c4cccc(-c5ccc(-c6ccc(-n7c8ccccc8c8cc(-c9ccc%10c(c9)c9ccccc9n%10-c9ccccc9-c9ccccc9)ccc87)cc6)cc5)c4)c3)cc2)cc1. The van der Waals surface area contributed by atoms with Gasteiger partial charge in [0.05, 0.1) is 27.8 Å². The van der Waals surface area contributed by atoms with Gasteiger partial charge in [-0.15, -0.1) is 0 Å². The van der Waals surface area contributed by atoms with Crippen LogP contribution in [0.2, 0.25) is 0 Å². The van der Waals surface area contributed by atoms with E-state index in [9.17, 15) is 0 Å². The van der Waals surface area contributed by atoms with E-state index in [1.807, 2.05) is 0 Å². The second kappa shape index (κ2) is 19.8. The molecule has 0 bridgehead atoms. The second-order valence-corrected chi connectivity index (χ2v) is 20.8. The average Bonchev–Trinajstić information content (AvgIpc) is 4.06. The van der Waals surface area contributed by atoms with Crippen LogP contribution in [0.5, 0.6) is 0 Å². The second-order valence-electron chi connectivity index (χ2n) is 20.8. The molecular formula is C78H52N2. The predicted octanol–water partition coefficient (Wildman–Crippen LogP) is 21.2. The number of hydrogen-bond donors (Lipinski definition) is 0. The highest BCUT2D eigenvalue weighted by molar-refractivity contribution is 6.13. The zero-order chi connectivity index (χ0) is 52.9. The van der Waals surface area contributed by atoms with Crippen molar-refractivity contribution in [2.45, 2.75) is 0 Å². The quantitative estimate of drug-likeness (QED) is 0.129. The maximum absolute atomic E-state index is 2.43. The lowest BCUT2D eigenvalue weighted by molar-refractivity contribution is 1.18. The number of benzene rings is 13. The molecule has 0 fully saturated rings. The van der Waals surface area contributed by atoms with Crippen LogP contribution < -0.4 is 0 Å². The lowest BCUT2D eigenvalue weighted by atomic mass is 9.92. The number of fused-ring (bicyclic) bond motifs is 6. The molecule has 0 atom stereocenters. The Kier molecular flexibility index (Phi) is 11.6. The third-order valence-corrected chi connectivity index (χ3v) is 16.2. The molecule has 0 unspecified atom stereocenters. The molecule has 0 aliphatic heterocycles. The van der Waals surface area contributed by atoms with Gasteiger partial charge >= 0.3 is 0 Å². The van der Waals surface area contributed by atoms with Crippen molar-refractivity contribution in [3.05, 3.63) is 315 Å². The first-order chi connectivity index (χ1) is 39.7. The minimum atomic E-state index is 1.14. The lowest BCUT2D eigenvalue weighted by Gasteiger charge is -2.14. The van der Waals surface area contributed by atoms with E-state index in [0.29, 0.717) is 0 Å². The summed E-state index contributed by atoms with van der Waals surface area (Å²) in [5.74, 6) is 0. The lowest BCUT2D eigenvalue weighted by Crippen LogP contribution is -1.97. The van der Waals surface area contributed by atoms with Crippen LogP contribution in [0.3, 0.4) is 0 Å². The zero-order valence-corrected chi connectivity index (χ0v) is 43.9. The fourth-order valence-corrected chi connectivity index (χ4v) is 12.2. The minimum absolute atomic E-state index is 1.14. The van der Waals surface area contributed by atoms with Crippen LogP contribution in [0.1, 0.15) is 0 Å². The summed E-state index contributed by atoms with van der Waals surface area (Å²) in [5, 5.41) is 4.96. The molecule has 15 aromatic rings. The molecular weight excluding hydrogens is 965 g/mol. The van der Waals surface area contributed by atoms with E-state index in [1.54, 1.807) is 0 Å². The number of rotatable bonds is 10. The first-order valence-electron chi connectivity index (χ1n) is 27.6. The molecule has 13 aromatic carbocycles. The predicted molar refractivity (Wildman–Crippen MR) is 339 cm³/mol. The first kappa shape index (κ1) is 46.7. The van der Waals surface area contributed by atoms with E-state index in [2.05, 4.69) is 325 Å². The number of aromatic nitrogens is 2. The van der Waals surface area contributed by atoms with E-state index >= 15 is 0 Å². The molecule has 0 amide bonds. The molecule has 0 N–H and O–H groups in total. The topological polar surface area (TPSA) is 9.86 Å². The van der Waals surface area contributed by atoms with Crippen LogP contribution in [-0.2, 0) is 0 Å². The van der Waals surface area contributed by atoms with Gasteiger partial charge in [0.1, 0.15) is 0 Å². The highest BCUT2D eigenvalue weighted by Crippen LogP contribution is 2.41. The molecule has 0 saturated heterocycles. The number of nitrogens with zero attached hydrogens (tertiary/aromatic N) is 2.